The maximum atomic E-state index is 11.0. The summed E-state index contributed by atoms with van der Waals surface area (Å²) in [4.78, 5) is 30.6. The number of aliphatic carboxylic acids is 2. The van der Waals surface area contributed by atoms with Crippen molar-refractivity contribution in [3.8, 4) is 0 Å². The molecule has 0 rings (SSSR count). The van der Waals surface area contributed by atoms with E-state index in [4.69, 9.17) is 30.0 Å². The van der Waals surface area contributed by atoms with Gasteiger partial charge in [-0.2, -0.15) is 0 Å². The SMILES string of the molecule is CC(=O)O.CC(=O)O.CCCCN(CC(O)CO)C(C)=O. The van der Waals surface area contributed by atoms with Crippen LogP contribution in [0, 0.1) is 0 Å². The molecule has 0 radical (unpaired) electrons. The van der Waals surface area contributed by atoms with E-state index in [-0.39, 0.29) is 19.1 Å². The number of carboxylic acid groups (broad SMARTS) is 2. The number of carbonyl (C=O) groups excluding carboxylic acids is 1. The summed E-state index contributed by atoms with van der Waals surface area (Å²) in [7, 11) is 0. The normalized spacial score (nSPS) is 10.2. The maximum absolute atomic E-state index is 11.0. The number of unbranched alkanes of at least 4 members (excludes halogenated alkanes) is 1. The summed E-state index contributed by atoms with van der Waals surface area (Å²) in [6, 6.07) is 0. The van der Waals surface area contributed by atoms with Crippen molar-refractivity contribution >= 4 is 17.8 Å². The quantitative estimate of drug-likeness (QED) is 0.549. The van der Waals surface area contributed by atoms with E-state index in [0.717, 1.165) is 26.7 Å². The van der Waals surface area contributed by atoms with Crippen molar-refractivity contribution in [3.63, 3.8) is 0 Å². The predicted octanol–water partition coefficient (Wildman–Crippen LogP) is 0.170. The summed E-state index contributed by atoms with van der Waals surface area (Å²) >= 11 is 0. The highest BCUT2D eigenvalue weighted by atomic mass is 16.4. The van der Waals surface area contributed by atoms with Crippen molar-refractivity contribution < 1.29 is 34.8 Å². The van der Waals surface area contributed by atoms with E-state index in [0.29, 0.717) is 6.54 Å². The van der Waals surface area contributed by atoms with Crippen molar-refractivity contribution in [1.29, 1.82) is 0 Å². The monoisotopic (exact) mass is 309 g/mol. The molecule has 1 unspecified atom stereocenters. The molecule has 8 nitrogen and oxygen atoms in total. The Morgan fingerprint density at radius 1 is 1.05 bits per heavy atom. The zero-order valence-corrected chi connectivity index (χ0v) is 13.1. The number of hydrogen-bond donors (Lipinski definition) is 4. The molecule has 0 fully saturated rings. The van der Waals surface area contributed by atoms with E-state index in [1.54, 1.807) is 4.90 Å². The molecule has 8 heteroatoms. The molecule has 21 heavy (non-hydrogen) atoms. The zero-order valence-electron chi connectivity index (χ0n) is 13.1. The van der Waals surface area contributed by atoms with Gasteiger partial charge in [-0.15, -0.1) is 0 Å². The molecule has 0 bridgehead atoms. The van der Waals surface area contributed by atoms with Gasteiger partial charge in [0, 0.05) is 33.9 Å². The first-order valence-corrected chi connectivity index (χ1v) is 6.51. The lowest BCUT2D eigenvalue weighted by Crippen LogP contribution is -2.38. The summed E-state index contributed by atoms with van der Waals surface area (Å²) in [5.41, 5.74) is 0. The minimum Gasteiger partial charge on any atom is -0.481 e. The summed E-state index contributed by atoms with van der Waals surface area (Å²) < 4.78 is 0. The molecule has 1 atom stereocenters. The van der Waals surface area contributed by atoms with E-state index < -0.39 is 18.0 Å². The van der Waals surface area contributed by atoms with Gasteiger partial charge in [0.1, 0.15) is 0 Å². The Morgan fingerprint density at radius 3 is 1.67 bits per heavy atom. The molecular formula is C13H27NO7. The fraction of sp³-hybridized carbons (Fsp3) is 0.769. The Balaban J connectivity index is -0.000000334. The van der Waals surface area contributed by atoms with Crippen LogP contribution in [0.15, 0.2) is 0 Å². The Morgan fingerprint density at radius 2 is 1.43 bits per heavy atom. The van der Waals surface area contributed by atoms with Crippen molar-refractivity contribution in [3.05, 3.63) is 0 Å². The van der Waals surface area contributed by atoms with Gasteiger partial charge in [0.05, 0.1) is 12.7 Å². The molecule has 0 aromatic rings. The topological polar surface area (TPSA) is 135 Å². The number of carboxylic acids is 2. The molecule has 0 aliphatic rings. The molecule has 0 saturated heterocycles. The van der Waals surface area contributed by atoms with Gasteiger partial charge in [-0.3, -0.25) is 14.4 Å². The molecule has 0 aliphatic carbocycles. The minimum atomic E-state index is -0.833. The Kier molecular flexibility index (Phi) is 19.0. The van der Waals surface area contributed by atoms with Crippen LogP contribution < -0.4 is 0 Å². The van der Waals surface area contributed by atoms with Crippen molar-refractivity contribution in [2.45, 2.75) is 46.6 Å². The van der Waals surface area contributed by atoms with Gasteiger partial charge in [-0.05, 0) is 6.42 Å². The van der Waals surface area contributed by atoms with Crippen LogP contribution in [0.5, 0.6) is 0 Å². The first-order valence-electron chi connectivity index (χ1n) is 6.51. The van der Waals surface area contributed by atoms with Crippen molar-refractivity contribution in [2.24, 2.45) is 0 Å². The average Bonchev–Trinajstić information content (AvgIpc) is 2.32. The van der Waals surface area contributed by atoms with Crippen LogP contribution in [0.4, 0.5) is 0 Å². The van der Waals surface area contributed by atoms with Gasteiger partial charge in [0.2, 0.25) is 5.91 Å². The predicted molar refractivity (Wildman–Crippen MR) is 76.9 cm³/mol. The summed E-state index contributed by atoms with van der Waals surface area (Å²) in [5.74, 6) is -1.72. The summed E-state index contributed by atoms with van der Waals surface area (Å²) in [5, 5.41) is 32.6. The standard InChI is InChI=1S/C9H19NO3.2C2H4O2/c1-3-4-5-10(8(2)12)6-9(13)7-11;2*1-2(3)4/h9,11,13H,3-7H2,1-2H3;2*1H3,(H,3,4). The molecule has 0 aliphatic heterocycles. The number of nitrogens with zero attached hydrogens (tertiary/aromatic N) is 1. The van der Waals surface area contributed by atoms with Gasteiger partial charge in [0.25, 0.3) is 11.9 Å². The van der Waals surface area contributed by atoms with Gasteiger partial charge < -0.3 is 25.3 Å². The number of aliphatic hydroxyl groups excluding tert-OH is 2. The highest BCUT2D eigenvalue weighted by molar-refractivity contribution is 5.73. The third-order valence-electron chi connectivity index (χ3n) is 1.87. The summed E-state index contributed by atoms with van der Waals surface area (Å²) in [6.07, 6.45) is 1.12. The second-order valence-corrected chi connectivity index (χ2v) is 4.19. The van der Waals surface area contributed by atoms with E-state index in [1.807, 2.05) is 6.92 Å². The molecular weight excluding hydrogens is 282 g/mol. The third kappa shape index (κ3) is 32.2. The fourth-order valence-electron chi connectivity index (χ4n) is 1.04. The van der Waals surface area contributed by atoms with Crippen LogP contribution in [0.2, 0.25) is 0 Å². The smallest absolute Gasteiger partial charge is 0.300 e. The van der Waals surface area contributed by atoms with Crippen LogP contribution in [0.3, 0.4) is 0 Å². The molecule has 0 spiro atoms. The van der Waals surface area contributed by atoms with E-state index >= 15 is 0 Å². The Bertz CT molecular complexity index is 274. The number of amides is 1. The second-order valence-electron chi connectivity index (χ2n) is 4.19. The number of hydrogen-bond acceptors (Lipinski definition) is 5. The average molecular weight is 309 g/mol. The second kappa shape index (κ2) is 16.4. The van der Waals surface area contributed by atoms with Crippen LogP contribution in [0.1, 0.15) is 40.5 Å². The lowest BCUT2D eigenvalue weighted by molar-refractivity contribution is -0.135. The van der Waals surface area contributed by atoms with E-state index in [1.165, 1.54) is 6.92 Å². The van der Waals surface area contributed by atoms with Crippen molar-refractivity contribution in [2.75, 3.05) is 19.7 Å². The van der Waals surface area contributed by atoms with E-state index in [2.05, 4.69) is 0 Å². The minimum absolute atomic E-state index is 0.0547. The largest absolute Gasteiger partial charge is 0.481 e. The highest BCUT2D eigenvalue weighted by Crippen LogP contribution is 1.97. The molecule has 4 N–H and O–H groups in total. The van der Waals surface area contributed by atoms with Crippen LogP contribution in [-0.4, -0.2) is 69.0 Å². The van der Waals surface area contributed by atoms with Gasteiger partial charge in [-0.25, -0.2) is 0 Å². The van der Waals surface area contributed by atoms with E-state index in [9.17, 15) is 4.79 Å². The van der Waals surface area contributed by atoms with Gasteiger partial charge in [-0.1, -0.05) is 13.3 Å². The molecule has 0 aromatic carbocycles. The molecule has 0 aromatic heterocycles. The summed E-state index contributed by atoms with van der Waals surface area (Å²) in [6.45, 7) is 6.27. The Hall–Kier alpha value is -1.67. The van der Waals surface area contributed by atoms with Crippen molar-refractivity contribution in [1.82, 2.24) is 4.90 Å². The lowest BCUT2D eigenvalue weighted by atomic mass is 10.2. The number of rotatable bonds is 6. The zero-order chi connectivity index (χ0) is 17.4. The first-order chi connectivity index (χ1) is 9.58. The number of carbonyl (C=O) groups is 3. The molecule has 0 saturated carbocycles. The van der Waals surface area contributed by atoms with Crippen LogP contribution in [-0.2, 0) is 14.4 Å². The molecule has 1 amide bonds. The van der Waals surface area contributed by atoms with Gasteiger partial charge in [0.15, 0.2) is 0 Å². The van der Waals surface area contributed by atoms with Crippen LogP contribution >= 0.6 is 0 Å². The van der Waals surface area contributed by atoms with Crippen LogP contribution in [0.25, 0.3) is 0 Å². The fourth-order valence-corrected chi connectivity index (χ4v) is 1.04. The number of aliphatic hydroxyl groups is 2. The van der Waals surface area contributed by atoms with Gasteiger partial charge >= 0.3 is 0 Å². The lowest BCUT2D eigenvalue weighted by Gasteiger charge is -2.22. The highest BCUT2D eigenvalue weighted by Gasteiger charge is 2.12. The maximum Gasteiger partial charge on any atom is 0.300 e. The molecule has 126 valence electrons. The Labute approximate surface area is 125 Å². The first kappa shape index (κ1) is 24.4. The molecule has 0 heterocycles. The third-order valence-corrected chi connectivity index (χ3v) is 1.87.